The number of guanidine groups is 1. The van der Waals surface area contributed by atoms with E-state index < -0.39 is 29.6 Å². The molecule has 0 bridgehead atoms. The van der Waals surface area contributed by atoms with Crippen molar-refractivity contribution in [1.29, 1.82) is 0 Å². The van der Waals surface area contributed by atoms with Gasteiger partial charge in [0.05, 0.1) is 0 Å². The molecule has 1 aliphatic rings. The molecule has 30 heavy (non-hydrogen) atoms. The van der Waals surface area contributed by atoms with Crippen molar-refractivity contribution in [3.63, 3.8) is 0 Å². The molecule has 3 aromatic rings. The second-order valence-corrected chi connectivity index (χ2v) is 6.64. The first-order valence-corrected chi connectivity index (χ1v) is 8.79. The van der Waals surface area contributed by atoms with Gasteiger partial charge in [-0.2, -0.15) is 4.39 Å². The first-order valence-electron chi connectivity index (χ1n) is 8.79. The van der Waals surface area contributed by atoms with Crippen LogP contribution in [-0.4, -0.2) is 38.8 Å². The minimum Gasteiger partial charge on any atom is -0.369 e. The van der Waals surface area contributed by atoms with Crippen molar-refractivity contribution in [2.24, 2.45) is 10.7 Å². The third kappa shape index (κ3) is 3.06. The molecule has 0 fully saturated rings. The van der Waals surface area contributed by atoms with Crippen molar-refractivity contribution in [2.45, 2.75) is 12.0 Å². The SMILES string of the molecule is CN1C(=O)C(c2ccc(C(F)F)nc2)(c2cccc(-c3cnc(F)nc3)c2)N=C1N. The summed E-state index contributed by atoms with van der Waals surface area (Å²) in [5.74, 6) is -0.479. The highest BCUT2D eigenvalue weighted by atomic mass is 19.3. The molecular formula is C20H15F3N6O. The fourth-order valence-electron chi connectivity index (χ4n) is 3.32. The van der Waals surface area contributed by atoms with E-state index in [1.165, 1.54) is 36.6 Å². The number of alkyl halides is 2. The first-order chi connectivity index (χ1) is 14.3. The third-order valence-electron chi connectivity index (χ3n) is 4.90. The number of aromatic nitrogens is 3. The molecule has 10 heteroatoms. The minimum absolute atomic E-state index is 0.0199. The molecule has 0 radical (unpaired) electrons. The Morgan fingerprint density at radius 3 is 2.30 bits per heavy atom. The number of hydrogen-bond acceptors (Lipinski definition) is 6. The monoisotopic (exact) mass is 412 g/mol. The van der Waals surface area contributed by atoms with Gasteiger partial charge in [-0.25, -0.2) is 23.7 Å². The van der Waals surface area contributed by atoms with Gasteiger partial charge < -0.3 is 5.73 Å². The number of nitrogens with two attached hydrogens (primary N) is 1. The number of carbonyl (C=O) groups excluding carboxylic acids is 1. The lowest BCUT2D eigenvalue weighted by Crippen LogP contribution is -2.41. The van der Waals surface area contributed by atoms with Crippen molar-refractivity contribution in [3.8, 4) is 11.1 Å². The van der Waals surface area contributed by atoms with Gasteiger partial charge in [0.25, 0.3) is 12.3 Å². The highest BCUT2D eigenvalue weighted by Gasteiger charge is 2.49. The summed E-state index contributed by atoms with van der Waals surface area (Å²) in [6.45, 7) is 0. The number of carbonyl (C=O) groups is 1. The molecule has 1 amide bonds. The lowest BCUT2D eigenvalue weighted by atomic mass is 9.82. The summed E-state index contributed by atoms with van der Waals surface area (Å²) in [6.07, 6.45) is 0.220. The van der Waals surface area contributed by atoms with Crippen LogP contribution in [0.25, 0.3) is 11.1 Å². The second-order valence-electron chi connectivity index (χ2n) is 6.64. The van der Waals surface area contributed by atoms with E-state index in [9.17, 15) is 18.0 Å². The number of pyridine rings is 1. The zero-order valence-corrected chi connectivity index (χ0v) is 15.6. The predicted octanol–water partition coefficient (Wildman–Crippen LogP) is 2.65. The molecule has 7 nitrogen and oxygen atoms in total. The van der Waals surface area contributed by atoms with E-state index in [1.807, 2.05) is 0 Å². The topological polar surface area (TPSA) is 97.4 Å². The Morgan fingerprint density at radius 1 is 1.00 bits per heavy atom. The van der Waals surface area contributed by atoms with Gasteiger partial charge >= 0.3 is 6.08 Å². The molecule has 1 atom stereocenters. The van der Waals surface area contributed by atoms with Crippen LogP contribution in [0.3, 0.4) is 0 Å². The van der Waals surface area contributed by atoms with Gasteiger partial charge in [-0.3, -0.25) is 14.7 Å². The number of likely N-dealkylation sites (N-methyl/N-ethyl adjacent to an activating group) is 1. The highest BCUT2D eigenvalue weighted by Crippen LogP contribution is 2.40. The van der Waals surface area contributed by atoms with Crippen LogP contribution in [-0.2, 0) is 10.3 Å². The van der Waals surface area contributed by atoms with Crippen molar-refractivity contribution in [2.75, 3.05) is 7.05 Å². The summed E-state index contributed by atoms with van der Waals surface area (Å²) in [4.78, 5) is 29.7. The molecule has 0 aliphatic carbocycles. The van der Waals surface area contributed by atoms with Crippen LogP contribution in [0.15, 0.2) is 60.0 Å². The Bertz CT molecular complexity index is 1130. The average molecular weight is 412 g/mol. The molecule has 1 aromatic carbocycles. The van der Waals surface area contributed by atoms with Crippen molar-refractivity contribution in [3.05, 3.63) is 77.9 Å². The van der Waals surface area contributed by atoms with Crippen molar-refractivity contribution >= 4 is 11.9 Å². The maximum atomic E-state index is 13.2. The lowest BCUT2D eigenvalue weighted by Gasteiger charge is -2.26. The summed E-state index contributed by atoms with van der Waals surface area (Å²) in [6, 6.07) is 9.30. The average Bonchev–Trinajstić information content (AvgIpc) is 2.99. The summed E-state index contributed by atoms with van der Waals surface area (Å²) < 4.78 is 39.0. The summed E-state index contributed by atoms with van der Waals surface area (Å²) in [7, 11) is 1.47. The number of benzene rings is 1. The van der Waals surface area contributed by atoms with Crippen molar-refractivity contribution < 1.29 is 18.0 Å². The smallest absolute Gasteiger partial charge is 0.308 e. The lowest BCUT2D eigenvalue weighted by molar-refractivity contribution is -0.129. The molecular weight excluding hydrogens is 397 g/mol. The van der Waals surface area contributed by atoms with Gasteiger partial charge in [-0.05, 0) is 23.3 Å². The van der Waals surface area contributed by atoms with E-state index in [4.69, 9.17) is 5.73 Å². The third-order valence-corrected chi connectivity index (χ3v) is 4.90. The largest absolute Gasteiger partial charge is 0.369 e. The fourth-order valence-corrected chi connectivity index (χ4v) is 3.32. The maximum Gasteiger partial charge on any atom is 0.308 e. The van der Waals surface area contributed by atoms with E-state index in [-0.39, 0.29) is 11.5 Å². The van der Waals surface area contributed by atoms with Crippen LogP contribution in [0.2, 0.25) is 0 Å². The minimum atomic E-state index is -2.74. The molecule has 2 aromatic heterocycles. The molecule has 2 N–H and O–H groups in total. The fraction of sp³-hybridized carbons (Fsp3) is 0.150. The van der Waals surface area contributed by atoms with Gasteiger partial charge in [0, 0.05) is 36.8 Å². The van der Waals surface area contributed by atoms with Gasteiger partial charge in [0.15, 0.2) is 11.5 Å². The molecule has 3 heterocycles. The van der Waals surface area contributed by atoms with Gasteiger partial charge in [0.2, 0.25) is 0 Å². The second kappa shape index (κ2) is 7.21. The van der Waals surface area contributed by atoms with E-state index in [2.05, 4.69) is 19.9 Å². The predicted molar refractivity (Wildman–Crippen MR) is 102 cm³/mol. The first kappa shape index (κ1) is 19.5. The molecule has 152 valence electrons. The van der Waals surface area contributed by atoms with E-state index in [0.717, 1.165) is 6.07 Å². The van der Waals surface area contributed by atoms with Crippen molar-refractivity contribution in [1.82, 2.24) is 19.9 Å². The Morgan fingerprint density at radius 2 is 1.73 bits per heavy atom. The van der Waals surface area contributed by atoms with E-state index in [0.29, 0.717) is 16.7 Å². The molecule has 0 saturated heterocycles. The Labute approximate surface area is 169 Å². The van der Waals surface area contributed by atoms with Gasteiger partial charge in [-0.1, -0.05) is 24.3 Å². The number of rotatable bonds is 4. The standard InChI is InChI=1S/C20H15F3N6O/c1-29-17(30)20(28-19(29)24,14-5-6-15(16(21)22)25-10-14)13-4-2-3-11(7-13)12-8-26-18(23)27-9-12/h2-10,16H,1H3,(H2,24,28). The Balaban J connectivity index is 1.89. The molecule has 1 unspecified atom stereocenters. The highest BCUT2D eigenvalue weighted by molar-refractivity contribution is 6.09. The number of aliphatic imine (C=N–C) groups is 1. The summed E-state index contributed by atoms with van der Waals surface area (Å²) >= 11 is 0. The van der Waals surface area contributed by atoms with Crippen LogP contribution in [0.4, 0.5) is 13.2 Å². The van der Waals surface area contributed by atoms with Crippen LogP contribution < -0.4 is 5.73 Å². The Hall–Kier alpha value is -3.82. The van der Waals surface area contributed by atoms with E-state index >= 15 is 0 Å². The molecule has 0 saturated carbocycles. The van der Waals surface area contributed by atoms with Gasteiger partial charge in [0.1, 0.15) is 5.69 Å². The molecule has 0 spiro atoms. The number of hydrogen-bond donors (Lipinski definition) is 1. The number of amides is 1. The van der Waals surface area contributed by atoms with Crippen LogP contribution in [0.1, 0.15) is 23.2 Å². The van der Waals surface area contributed by atoms with Crippen LogP contribution in [0, 0.1) is 6.08 Å². The summed E-state index contributed by atoms with van der Waals surface area (Å²) in [5, 5.41) is 0. The number of halogens is 3. The number of nitrogens with zero attached hydrogens (tertiary/aromatic N) is 5. The maximum absolute atomic E-state index is 13.2. The zero-order valence-electron chi connectivity index (χ0n) is 15.6. The zero-order chi connectivity index (χ0) is 21.5. The quantitative estimate of drug-likeness (QED) is 0.665. The van der Waals surface area contributed by atoms with E-state index in [1.54, 1.807) is 24.3 Å². The summed E-state index contributed by atoms with van der Waals surface area (Å²) in [5.41, 5.74) is 5.77. The van der Waals surface area contributed by atoms with Gasteiger partial charge in [-0.15, -0.1) is 0 Å². The molecule has 1 aliphatic heterocycles. The molecule has 4 rings (SSSR count). The van der Waals surface area contributed by atoms with Crippen LogP contribution >= 0.6 is 0 Å². The van der Waals surface area contributed by atoms with Crippen LogP contribution in [0.5, 0.6) is 0 Å². The Kier molecular flexibility index (Phi) is 4.69. The normalized spacial score (nSPS) is 18.8.